The van der Waals surface area contributed by atoms with Crippen molar-refractivity contribution in [1.82, 2.24) is 10.3 Å². The topological polar surface area (TPSA) is 63.4 Å². The minimum absolute atomic E-state index is 0.105. The lowest BCUT2D eigenvalue weighted by molar-refractivity contribution is 0.0944. The molecule has 0 aliphatic rings. The number of ether oxygens (including phenoxy) is 2. The summed E-state index contributed by atoms with van der Waals surface area (Å²) in [5, 5.41) is 3.83. The van der Waals surface area contributed by atoms with Crippen molar-refractivity contribution in [3.63, 3.8) is 0 Å². The summed E-state index contributed by atoms with van der Waals surface area (Å²) < 4.78 is 10.1. The van der Waals surface area contributed by atoms with Gasteiger partial charge >= 0.3 is 0 Å². The van der Waals surface area contributed by atoms with E-state index < -0.39 is 0 Å². The van der Waals surface area contributed by atoms with E-state index in [1.165, 1.54) is 0 Å². The lowest BCUT2D eigenvalue weighted by atomic mass is 10.2. The van der Waals surface area contributed by atoms with Crippen LogP contribution in [0.25, 0.3) is 10.9 Å². The number of nitrogens with one attached hydrogen (secondary N) is 2. The van der Waals surface area contributed by atoms with E-state index in [0.717, 1.165) is 23.1 Å². The molecule has 1 heterocycles. The third kappa shape index (κ3) is 3.26. The first-order valence-electron chi connectivity index (χ1n) is 6.18. The number of carbonyl (C=O) groups is 1. The Balaban J connectivity index is 2.05. The van der Waals surface area contributed by atoms with Crippen molar-refractivity contribution >= 4 is 16.8 Å². The van der Waals surface area contributed by atoms with Crippen molar-refractivity contribution in [2.24, 2.45) is 0 Å². The van der Waals surface area contributed by atoms with Crippen LogP contribution in [0.3, 0.4) is 0 Å². The highest BCUT2D eigenvalue weighted by Crippen LogP contribution is 2.21. The van der Waals surface area contributed by atoms with Crippen LogP contribution in [0.15, 0.2) is 24.3 Å². The lowest BCUT2D eigenvalue weighted by Gasteiger charge is -2.02. The number of aromatic amines is 1. The predicted octanol–water partition coefficient (Wildman–Crippen LogP) is 1.94. The molecule has 0 aliphatic heterocycles. The van der Waals surface area contributed by atoms with Crippen molar-refractivity contribution in [1.29, 1.82) is 0 Å². The third-order valence-corrected chi connectivity index (χ3v) is 2.89. The van der Waals surface area contributed by atoms with E-state index in [0.29, 0.717) is 18.8 Å². The largest absolute Gasteiger partial charge is 0.497 e. The summed E-state index contributed by atoms with van der Waals surface area (Å²) in [6.07, 6.45) is 0.802. The minimum Gasteiger partial charge on any atom is -0.497 e. The fourth-order valence-electron chi connectivity index (χ4n) is 1.87. The van der Waals surface area contributed by atoms with Crippen molar-refractivity contribution in [3.05, 3.63) is 30.0 Å². The Morgan fingerprint density at radius 1 is 1.32 bits per heavy atom. The van der Waals surface area contributed by atoms with Crippen molar-refractivity contribution < 1.29 is 14.3 Å². The van der Waals surface area contributed by atoms with Crippen molar-refractivity contribution in [2.75, 3.05) is 27.4 Å². The molecule has 2 N–H and O–H groups in total. The zero-order valence-electron chi connectivity index (χ0n) is 11.2. The number of hydrogen-bond acceptors (Lipinski definition) is 3. The number of methoxy groups -OCH3 is 2. The van der Waals surface area contributed by atoms with Gasteiger partial charge in [0.25, 0.3) is 5.91 Å². The summed E-state index contributed by atoms with van der Waals surface area (Å²) in [5.74, 6) is 0.660. The van der Waals surface area contributed by atoms with Gasteiger partial charge in [-0.2, -0.15) is 0 Å². The minimum atomic E-state index is -0.105. The van der Waals surface area contributed by atoms with E-state index in [-0.39, 0.29) is 5.91 Å². The van der Waals surface area contributed by atoms with Crippen molar-refractivity contribution in [3.8, 4) is 5.75 Å². The van der Waals surface area contributed by atoms with Crippen LogP contribution in [0.2, 0.25) is 0 Å². The Morgan fingerprint density at radius 2 is 2.16 bits per heavy atom. The molecule has 0 radical (unpaired) electrons. The highest BCUT2D eigenvalue weighted by atomic mass is 16.5. The molecular formula is C14H18N2O3. The predicted molar refractivity (Wildman–Crippen MR) is 73.7 cm³/mol. The first-order valence-corrected chi connectivity index (χ1v) is 6.18. The van der Waals surface area contributed by atoms with Crippen LogP contribution >= 0.6 is 0 Å². The maximum Gasteiger partial charge on any atom is 0.267 e. The van der Waals surface area contributed by atoms with E-state index in [1.807, 2.05) is 24.3 Å². The Bertz CT molecular complexity index is 563. The van der Waals surface area contributed by atoms with Crippen LogP contribution in [0.4, 0.5) is 0 Å². The Kier molecular flexibility index (Phi) is 4.41. The van der Waals surface area contributed by atoms with E-state index in [1.54, 1.807) is 14.2 Å². The molecule has 0 atom stereocenters. The zero-order chi connectivity index (χ0) is 13.7. The van der Waals surface area contributed by atoms with Gasteiger partial charge in [0.2, 0.25) is 0 Å². The van der Waals surface area contributed by atoms with E-state index >= 15 is 0 Å². The molecule has 102 valence electrons. The summed E-state index contributed by atoms with van der Waals surface area (Å²) in [5.41, 5.74) is 1.45. The number of aromatic nitrogens is 1. The van der Waals surface area contributed by atoms with E-state index in [2.05, 4.69) is 10.3 Å². The molecule has 1 amide bonds. The number of benzene rings is 1. The van der Waals surface area contributed by atoms with Gasteiger partial charge in [-0.25, -0.2) is 0 Å². The first-order chi connectivity index (χ1) is 9.24. The monoisotopic (exact) mass is 262 g/mol. The number of amides is 1. The molecule has 0 fully saturated rings. The van der Waals surface area contributed by atoms with Gasteiger partial charge in [0.05, 0.1) is 7.11 Å². The van der Waals surface area contributed by atoms with Gasteiger partial charge in [-0.05, 0) is 24.6 Å². The normalized spacial score (nSPS) is 10.6. The van der Waals surface area contributed by atoms with Gasteiger partial charge in [0, 0.05) is 37.2 Å². The molecule has 0 unspecified atom stereocenters. The quantitative estimate of drug-likeness (QED) is 0.782. The molecular weight excluding hydrogens is 244 g/mol. The Labute approximate surface area is 111 Å². The smallest absolute Gasteiger partial charge is 0.267 e. The summed E-state index contributed by atoms with van der Waals surface area (Å²) >= 11 is 0. The number of fused-ring (bicyclic) bond motifs is 1. The summed E-state index contributed by atoms with van der Waals surface area (Å²) in [6.45, 7) is 1.25. The van der Waals surface area contributed by atoms with Gasteiger partial charge < -0.3 is 19.8 Å². The highest BCUT2D eigenvalue weighted by molar-refractivity contribution is 5.98. The second-order valence-corrected chi connectivity index (χ2v) is 4.24. The second-order valence-electron chi connectivity index (χ2n) is 4.24. The van der Waals surface area contributed by atoms with Gasteiger partial charge in [0.15, 0.2) is 0 Å². The standard InChI is InChI=1S/C14H18N2O3/c1-18-7-3-6-15-14(17)13-8-10-4-5-11(19-2)9-12(10)16-13/h4-5,8-9,16H,3,6-7H2,1-2H3,(H,15,17). The summed E-state index contributed by atoms with van der Waals surface area (Å²) in [6, 6.07) is 7.50. The lowest BCUT2D eigenvalue weighted by Crippen LogP contribution is -2.25. The van der Waals surface area contributed by atoms with Crippen LogP contribution in [-0.2, 0) is 4.74 Å². The third-order valence-electron chi connectivity index (χ3n) is 2.89. The average Bonchev–Trinajstić information content (AvgIpc) is 2.86. The van der Waals surface area contributed by atoms with E-state index in [4.69, 9.17) is 9.47 Å². The zero-order valence-corrected chi connectivity index (χ0v) is 11.2. The SMILES string of the molecule is COCCCNC(=O)c1cc2ccc(OC)cc2[nH]1. The van der Waals surface area contributed by atoms with Gasteiger partial charge in [0.1, 0.15) is 11.4 Å². The molecule has 19 heavy (non-hydrogen) atoms. The number of H-pyrrole nitrogens is 1. The molecule has 1 aromatic carbocycles. The maximum absolute atomic E-state index is 11.9. The van der Waals surface area contributed by atoms with Gasteiger partial charge in [-0.15, -0.1) is 0 Å². The number of rotatable bonds is 6. The van der Waals surface area contributed by atoms with Crippen LogP contribution in [0.5, 0.6) is 5.75 Å². The molecule has 0 saturated carbocycles. The second kappa shape index (κ2) is 6.24. The summed E-state index contributed by atoms with van der Waals surface area (Å²) in [7, 11) is 3.26. The Hall–Kier alpha value is -2.01. The Morgan fingerprint density at radius 3 is 2.89 bits per heavy atom. The fraction of sp³-hybridized carbons (Fsp3) is 0.357. The van der Waals surface area contributed by atoms with Crippen LogP contribution in [0.1, 0.15) is 16.9 Å². The molecule has 5 heteroatoms. The summed E-state index contributed by atoms with van der Waals surface area (Å²) in [4.78, 5) is 15.0. The average molecular weight is 262 g/mol. The first kappa shape index (κ1) is 13.4. The van der Waals surface area contributed by atoms with Gasteiger partial charge in [-0.3, -0.25) is 4.79 Å². The van der Waals surface area contributed by atoms with E-state index in [9.17, 15) is 4.79 Å². The molecule has 0 bridgehead atoms. The molecule has 2 aromatic rings. The van der Waals surface area contributed by atoms with Crippen LogP contribution in [-0.4, -0.2) is 38.3 Å². The number of carbonyl (C=O) groups excluding carboxylic acids is 1. The maximum atomic E-state index is 11.9. The molecule has 1 aromatic heterocycles. The molecule has 2 rings (SSSR count). The molecule has 0 aliphatic carbocycles. The molecule has 0 spiro atoms. The van der Waals surface area contributed by atoms with Crippen LogP contribution < -0.4 is 10.1 Å². The van der Waals surface area contributed by atoms with Crippen LogP contribution in [0, 0.1) is 0 Å². The highest BCUT2D eigenvalue weighted by Gasteiger charge is 2.09. The number of hydrogen-bond donors (Lipinski definition) is 2. The fourth-order valence-corrected chi connectivity index (χ4v) is 1.87. The molecule has 5 nitrogen and oxygen atoms in total. The molecule has 0 saturated heterocycles. The van der Waals surface area contributed by atoms with Gasteiger partial charge in [-0.1, -0.05) is 0 Å². The van der Waals surface area contributed by atoms with Crippen molar-refractivity contribution in [2.45, 2.75) is 6.42 Å².